The van der Waals surface area contributed by atoms with E-state index in [1.54, 1.807) is 7.11 Å². The van der Waals surface area contributed by atoms with Crippen molar-refractivity contribution in [1.82, 2.24) is 0 Å². The molecule has 1 rings (SSSR count). The van der Waals surface area contributed by atoms with Crippen LogP contribution in [0, 0.1) is 5.92 Å². The molecule has 0 spiro atoms. The first-order valence-corrected chi connectivity index (χ1v) is 3.46. The van der Waals surface area contributed by atoms with Crippen molar-refractivity contribution in [3.05, 3.63) is 0 Å². The van der Waals surface area contributed by atoms with Crippen molar-refractivity contribution in [3.63, 3.8) is 0 Å². The Morgan fingerprint density at radius 2 is 2.40 bits per heavy atom. The van der Waals surface area contributed by atoms with E-state index in [0.717, 1.165) is 6.42 Å². The van der Waals surface area contributed by atoms with Crippen molar-refractivity contribution in [2.24, 2.45) is 5.92 Å². The van der Waals surface area contributed by atoms with Crippen LogP contribution in [0.4, 0.5) is 0 Å². The normalized spacial score (nSPS) is 33.6. The van der Waals surface area contributed by atoms with Crippen LogP contribution < -0.4 is 0 Å². The topological polar surface area (TPSA) is 35.5 Å². The molecule has 58 valence electrons. The molecule has 0 aromatic carbocycles. The maximum atomic E-state index is 10.7. The lowest BCUT2D eigenvalue weighted by atomic mass is 10.0. The summed E-state index contributed by atoms with van der Waals surface area (Å²) in [6.45, 7) is 2.01. The fourth-order valence-electron chi connectivity index (χ4n) is 1.07. The maximum Gasteiger partial charge on any atom is 0.308 e. The summed E-state index contributed by atoms with van der Waals surface area (Å²) in [5.74, 6) is 0.188. The van der Waals surface area contributed by atoms with Crippen LogP contribution in [0.15, 0.2) is 0 Å². The molecule has 2 unspecified atom stereocenters. The first-order chi connectivity index (χ1) is 4.74. The Hall–Kier alpha value is -0.570. The Morgan fingerprint density at radius 1 is 1.70 bits per heavy atom. The Labute approximate surface area is 60.3 Å². The fraction of sp³-hybridized carbons (Fsp3) is 0.857. The van der Waals surface area contributed by atoms with Gasteiger partial charge in [-0.1, -0.05) is 6.92 Å². The number of hydrogen-bond donors (Lipinski definition) is 0. The van der Waals surface area contributed by atoms with Gasteiger partial charge in [-0.3, -0.25) is 4.79 Å². The monoisotopic (exact) mass is 144 g/mol. The largest absolute Gasteiger partial charge is 0.435 e. The van der Waals surface area contributed by atoms with Gasteiger partial charge in [-0.15, -0.1) is 0 Å². The molecule has 2 atom stereocenters. The zero-order valence-corrected chi connectivity index (χ0v) is 6.29. The number of methoxy groups -OCH3 is 1. The third-order valence-corrected chi connectivity index (χ3v) is 1.75. The van der Waals surface area contributed by atoms with Crippen LogP contribution in [0.3, 0.4) is 0 Å². The molecule has 0 bridgehead atoms. The van der Waals surface area contributed by atoms with Crippen LogP contribution in [0.5, 0.6) is 0 Å². The molecule has 0 N–H and O–H groups in total. The Balaban J connectivity index is 2.45. The lowest BCUT2D eigenvalue weighted by Crippen LogP contribution is -2.32. The van der Waals surface area contributed by atoms with Gasteiger partial charge in [-0.05, 0) is 6.42 Å². The molecule has 0 aromatic heterocycles. The van der Waals surface area contributed by atoms with Crippen molar-refractivity contribution in [3.8, 4) is 0 Å². The average molecular weight is 144 g/mol. The summed E-state index contributed by atoms with van der Waals surface area (Å²) in [6.07, 6.45) is 1.08. The van der Waals surface area contributed by atoms with Gasteiger partial charge in [0.15, 0.2) is 0 Å². The van der Waals surface area contributed by atoms with Crippen molar-refractivity contribution in [2.75, 3.05) is 7.11 Å². The minimum absolute atomic E-state index is 0.148. The molecule has 1 aliphatic heterocycles. The van der Waals surface area contributed by atoms with Gasteiger partial charge in [0, 0.05) is 19.4 Å². The van der Waals surface area contributed by atoms with E-state index in [-0.39, 0.29) is 12.3 Å². The number of cyclic esters (lactones) is 1. The Morgan fingerprint density at radius 3 is 2.90 bits per heavy atom. The molecule has 0 amide bonds. The predicted octanol–water partition coefficient (Wildman–Crippen LogP) is 0.932. The quantitative estimate of drug-likeness (QED) is 0.513. The summed E-state index contributed by atoms with van der Waals surface area (Å²) in [5.41, 5.74) is 0. The third kappa shape index (κ3) is 1.48. The van der Waals surface area contributed by atoms with E-state index in [9.17, 15) is 4.79 Å². The van der Waals surface area contributed by atoms with Crippen molar-refractivity contribution in [1.29, 1.82) is 0 Å². The van der Waals surface area contributed by atoms with E-state index in [0.29, 0.717) is 12.3 Å². The first kappa shape index (κ1) is 7.54. The van der Waals surface area contributed by atoms with Crippen molar-refractivity contribution >= 4 is 5.97 Å². The second-order valence-corrected chi connectivity index (χ2v) is 2.61. The van der Waals surface area contributed by atoms with Gasteiger partial charge in [0.25, 0.3) is 0 Å². The molecule has 1 heterocycles. The lowest BCUT2D eigenvalue weighted by Gasteiger charge is -2.26. The van der Waals surface area contributed by atoms with Crippen LogP contribution in [-0.4, -0.2) is 19.4 Å². The summed E-state index contributed by atoms with van der Waals surface area (Å²) in [4.78, 5) is 10.7. The lowest BCUT2D eigenvalue weighted by molar-refractivity contribution is -0.194. The van der Waals surface area contributed by atoms with E-state index in [2.05, 4.69) is 0 Å². The number of hydrogen-bond acceptors (Lipinski definition) is 3. The van der Waals surface area contributed by atoms with E-state index in [4.69, 9.17) is 9.47 Å². The maximum absolute atomic E-state index is 10.7. The summed E-state index contributed by atoms with van der Waals surface area (Å²) in [5, 5.41) is 0. The van der Waals surface area contributed by atoms with Gasteiger partial charge in [-0.2, -0.15) is 0 Å². The second-order valence-electron chi connectivity index (χ2n) is 2.61. The minimum atomic E-state index is -0.318. The zero-order chi connectivity index (χ0) is 7.56. The van der Waals surface area contributed by atoms with Gasteiger partial charge < -0.3 is 9.47 Å². The highest BCUT2D eigenvalue weighted by molar-refractivity contribution is 5.70. The summed E-state index contributed by atoms with van der Waals surface area (Å²) < 4.78 is 9.82. The summed E-state index contributed by atoms with van der Waals surface area (Å²) >= 11 is 0. The van der Waals surface area contributed by atoms with Crippen molar-refractivity contribution < 1.29 is 14.3 Å². The van der Waals surface area contributed by atoms with Gasteiger partial charge in [0.2, 0.25) is 6.29 Å². The predicted molar refractivity (Wildman–Crippen MR) is 35.3 cm³/mol. The van der Waals surface area contributed by atoms with Crippen LogP contribution in [0.2, 0.25) is 0 Å². The van der Waals surface area contributed by atoms with Crippen LogP contribution in [0.25, 0.3) is 0 Å². The molecule has 1 saturated heterocycles. The fourth-order valence-corrected chi connectivity index (χ4v) is 1.07. The average Bonchev–Trinajstić information content (AvgIpc) is 1.94. The van der Waals surface area contributed by atoms with Gasteiger partial charge in [0.05, 0.1) is 0 Å². The van der Waals surface area contributed by atoms with Crippen LogP contribution >= 0.6 is 0 Å². The van der Waals surface area contributed by atoms with E-state index in [1.165, 1.54) is 0 Å². The SMILES string of the molecule is COC1OC(=O)CCC1C. The molecule has 1 aliphatic rings. The molecular formula is C7H12O3. The molecular weight excluding hydrogens is 132 g/mol. The molecule has 0 aromatic rings. The molecule has 0 radical (unpaired) electrons. The Bertz CT molecular complexity index is 133. The van der Waals surface area contributed by atoms with Gasteiger partial charge >= 0.3 is 5.97 Å². The summed E-state index contributed by atoms with van der Waals surface area (Å²) in [7, 11) is 1.56. The van der Waals surface area contributed by atoms with E-state index in [1.807, 2.05) is 6.92 Å². The highest BCUT2D eigenvalue weighted by Gasteiger charge is 2.26. The molecule has 10 heavy (non-hydrogen) atoms. The van der Waals surface area contributed by atoms with Gasteiger partial charge in [0.1, 0.15) is 0 Å². The number of rotatable bonds is 1. The summed E-state index contributed by atoms with van der Waals surface area (Å²) in [6, 6.07) is 0. The van der Waals surface area contributed by atoms with E-state index >= 15 is 0 Å². The van der Waals surface area contributed by atoms with Gasteiger partial charge in [-0.25, -0.2) is 0 Å². The van der Waals surface area contributed by atoms with E-state index < -0.39 is 0 Å². The zero-order valence-electron chi connectivity index (χ0n) is 6.29. The van der Waals surface area contributed by atoms with Crippen LogP contribution in [-0.2, 0) is 14.3 Å². The third-order valence-electron chi connectivity index (χ3n) is 1.75. The number of esters is 1. The number of carbonyl (C=O) groups excluding carboxylic acids is 1. The molecule has 1 fully saturated rings. The number of carbonyl (C=O) groups is 1. The molecule has 3 heteroatoms. The second kappa shape index (κ2) is 3.01. The Kier molecular flexibility index (Phi) is 2.27. The smallest absolute Gasteiger partial charge is 0.308 e. The highest BCUT2D eigenvalue weighted by Crippen LogP contribution is 2.20. The number of ether oxygens (including phenoxy) is 2. The van der Waals surface area contributed by atoms with Crippen molar-refractivity contribution in [2.45, 2.75) is 26.1 Å². The molecule has 0 aliphatic carbocycles. The highest BCUT2D eigenvalue weighted by atomic mass is 16.7. The standard InChI is InChI=1S/C7H12O3/c1-5-3-4-6(8)10-7(5)9-2/h5,7H,3-4H2,1-2H3. The molecule has 0 saturated carbocycles. The van der Waals surface area contributed by atoms with Crippen LogP contribution in [0.1, 0.15) is 19.8 Å². The first-order valence-electron chi connectivity index (χ1n) is 3.46. The molecule has 3 nitrogen and oxygen atoms in total. The minimum Gasteiger partial charge on any atom is -0.435 e.